The van der Waals surface area contributed by atoms with E-state index in [0.717, 1.165) is 25.1 Å². The molecule has 2 aromatic carbocycles. The van der Waals surface area contributed by atoms with Gasteiger partial charge in [0, 0.05) is 8.45 Å². The summed E-state index contributed by atoms with van der Waals surface area (Å²) in [5.74, 6) is -0.0397. The Morgan fingerprint density at radius 3 is 2.46 bits per heavy atom. The van der Waals surface area contributed by atoms with Gasteiger partial charge < -0.3 is 5.32 Å². The predicted octanol–water partition coefficient (Wildman–Crippen LogP) is 5.49. The van der Waals surface area contributed by atoms with Gasteiger partial charge >= 0.3 is 0 Å². The van der Waals surface area contributed by atoms with Gasteiger partial charge in [0.1, 0.15) is 0 Å². The molecule has 1 atom stereocenters. The molecule has 3 rings (SSSR count). The Morgan fingerprint density at radius 2 is 1.79 bits per heavy atom. The summed E-state index contributed by atoms with van der Waals surface area (Å²) in [5.41, 5.74) is 4.15. The molecule has 4 heteroatoms. The molecule has 3 aromatic rings. The van der Waals surface area contributed by atoms with Crippen molar-refractivity contribution in [3.05, 3.63) is 90.7 Å². The molecule has 1 unspecified atom stereocenters. The molecule has 1 heterocycles. The first-order valence-electron chi connectivity index (χ1n) is 7.72. The number of carbonyl (C=O) groups excluding carboxylic acids is 1. The van der Waals surface area contributed by atoms with Crippen molar-refractivity contribution < 1.29 is 4.79 Å². The van der Waals surface area contributed by atoms with Gasteiger partial charge in [-0.25, -0.2) is 0 Å². The smallest absolute Gasteiger partial charge is 0.253 e. The second-order valence-electron chi connectivity index (χ2n) is 5.77. The van der Waals surface area contributed by atoms with Crippen molar-refractivity contribution in [2.24, 2.45) is 0 Å². The zero-order valence-electron chi connectivity index (χ0n) is 13.5. The third kappa shape index (κ3) is 3.70. The summed E-state index contributed by atoms with van der Waals surface area (Å²) in [6.45, 7) is 4.09. The fourth-order valence-electron chi connectivity index (χ4n) is 2.56. The number of thiophene rings is 1. The van der Waals surface area contributed by atoms with Crippen LogP contribution in [0.3, 0.4) is 0 Å². The molecule has 0 saturated heterocycles. The Morgan fingerprint density at radius 1 is 1.04 bits per heavy atom. The maximum absolute atomic E-state index is 12.9. The number of nitrogens with one attached hydrogen (secondary N) is 1. The lowest BCUT2D eigenvalue weighted by atomic mass is 10.0. The largest absolute Gasteiger partial charge is 0.340 e. The molecule has 0 spiro atoms. The zero-order chi connectivity index (χ0) is 17.1. The van der Waals surface area contributed by atoms with Crippen molar-refractivity contribution >= 4 is 39.8 Å². The monoisotopic (exact) mass is 447 g/mol. The topological polar surface area (TPSA) is 29.1 Å². The maximum atomic E-state index is 12.9. The van der Waals surface area contributed by atoms with Crippen LogP contribution >= 0.6 is 33.9 Å². The van der Waals surface area contributed by atoms with Crippen LogP contribution in [-0.4, -0.2) is 5.91 Å². The highest BCUT2D eigenvalue weighted by Gasteiger charge is 2.20. The van der Waals surface area contributed by atoms with Crippen molar-refractivity contribution in [1.29, 1.82) is 0 Å². The van der Waals surface area contributed by atoms with E-state index in [0.29, 0.717) is 0 Å². The first kappa shape index (κ1) is 17.2. The van der Waals surface area contributed by atoms with Crippen LogP contribution in [0.15, 0.2) is 60.0 Å². The van der Waals surface area contributed by atoms with Gasteiger partial charge in [-0.05, 0) is 65.1 Å². The van der Waals surface area contributed by atoms with Crippen LogP contribution in [0, 0.1) is 17.4 Å². The summed E-state index contributed by atoms with van der Waals surface area (Å²) in [6.07, 6.45) is 0. The Bertz CT molecular complexity index is 841. The minimum Gasteiger partial charge on any atom is -0.340 e. The summed E-state index contributed by atoms with van der Waals surface area (Å²) >= 11 is 3.90. The van der Waals surface area contributed by atoms with Gasteiger partial charge in [0.25, 0.3) is 5.91 Å². The number of benzene rings is 2. The molecule has 0 aliphatic carbocycles. The quantitative estimate of drug-likeness (QED) is 0.527. The second kappa shape index (κ2) is 7.49. The summed E-state index contributed by atoms with van der Waals surface area (Å²) in [4.78, 5) is 14.0. The highest BCUT2D eigenvalue weighted by molar-refractivity contribution is 14.1. The second-order valence-corrected chi connectivity index (χ2v) is 7.83. The van der Waals surface area contributed by atoms with Crippen LogP contribution in [0.25, 0.3) is 0 Å². The lowest BCUT2D eigenvalue weighted by molar-refractivity contribution is 0.0942. The molecule has 1 aromatic heterocycles. The molecule has 0 aliphatic heterocycles. The number of halogens is 1. The van der Waals surface area contributed by atoms with Gasteiger partial charge in [0.15, 0.2) is 0 Å². The van der Waals surface area contributed by atoms with E-state index < -0.39 is 0 Å². The van der Waals surface area contributed by atoms with E-state index in [9.17, 15) is 4.79 Å². The summed E-state index contributed by atoms with van der Waals surface area (Å²) in [5, 5.41) is 5.25. The first-order valence-corrected chi connectivity index (χ1v) is 9.68. The standard InChI is InChI=1S/C20H18INOS/c1-13-8-10-15(11-9-13)19(17-7-4-12-24-17)22-20(23)16-6-3-5-14(2)18(16)21/h3-12,19H,1-2H3,(H,22,23). The van der Waals surface area contributed by atoms with Gasteiger partial charge in [-0.2, -0.15) is 0 Å². The van der Waals surface area contributed by atoms with Gasteiger partial charge in [0.05, 0.1) is 11.6 Å². The van der Waals surface area contributed by atoms with Crippen LogP contribution in [0.4, 0.5) is 0 Å². The lowest BCUT2D eigenvalue weighted by Crippen LogP contribution is -2.29. The van der Waals surface area contributed by atoms with E-state index in [-0.39, 0.29) is 11.9 Å². The molecular formula is C20H18INOS. The molecule has 0 radical (unpaired) electrons. The minimum absolute atomic E-state index is 0.0397. The molecule has 1 amide bonds. The van der Waals surface area contributed by atoms with Crippen LogP contribution in [0.5, 0.6) is 0 Å². The fraction of sp³-hybridized carbons (Fsp3) is 0.150. The normalized spacial score (nSPS) is 12.0. The number of amides is 1. The predicted molar refractivity (Wildman–Crippen MR) is 109 cm³/mol. The number of hydrogen-bond donors (Lipinski definition) is 1. The van der Waals surface area contributed by atoms with Crippen molar-refractivity contribution in [2.45, 2.75) is 19.9 Å². The number of carbonyl (C=O) groups is 1. The summed E-state index contributed by atoms with van der Waals surface area (Å²) < 4.78 is 1.00. The van der Waals surface area contributed by atoms with Gasteiger partial charge in [-0.15, -0.1) is 11.3 Å². The van der Waals surface area contributed by atoms with Crippen molar-refractivity contribution in [2.75, 3.05) is 0 Å². The SMILES string of the molecule is Cc1ccc(C(NC(=O)c2cccc(C)c2I)c2cccs2)cc1. The van der Waals surface area contributed by atoms with Gasteiger partial charge in [-0.1, -0.05) is 48.0 Å². The van der Waals surface area contributed by atoms with E-state index in [2.05, 4.69) is 65.2 Å². The van der Waals surface area contributed by atoms with E-state index >= 15 is 0 Å². The molecule has 0 saturated carbocycles. The third-order valence-corrected chi connectivity index (χ3v) is 6.32. The van der Waals surface area contributed by atoms with E-state index in [1.807, 2.05) is 36.6 Å². The van der Waals surface area contributed by atoms with Crippen molar-refractivity contribution in [1.82, 2.24) is 5.32 Å². The Labute approximate surface area is 160 Å². The fourth-order valence-corrected chi connectivity index (χ4v) is 3.97. The average molecular weight is 447 g/mol. The van der Waals surface area contributed by atoms with E-state index in [4.69, 9.17) is 0 Å². The van der Waals surface area contributed by atoms with E-state index in [1.54, 1.807) is 11.3 Å². The Hall–Kier alpha value is -1.66. The van der Waals surface area contributed by atoms with Crippen LogP contribution in [-0.2, 0) is 0 Å². The molecular weight excluding hydrogens is 429 g/mol. The molecule has 24 heavy (non-hydrogen) atoms. The average Bonchev–Trinajstić information content (AvgIpc) is 3.10. The summed E-state index contributed by atoms with van der Waals surface area (Å²) in [7, 11) is 0. The summed E-state index contributed by atoms with van der Waals surface area (Å²) in [6, 6.07) is 18.1. The van der Waals surface area contributed by atoms with Crippen LogP contribution in [0.1, 0.15) is 38.0 Å². The highest BCUT2D eigenvalue weighted by atomic mass is 127. The number of rotatable bonds is 4. The van der Waals surface area contributed by atoms with Crippen molar-refractivity contribution in [3.63, 3.8) is 0 Å². The third-order valence-electron chi connectivity index (χ3n) is 3.95. The molecule has 0 bridgehead atoms. The molecule has 122 valence electrons. The van der Waals surface area contributed by atoms with Crippen molar-refractivity contribution in [3.8, 4) is 0 Å². The van der Waals surface area contributed by atoms with Gasteiger partial charge in [0.2, 0.25) is 0 Å². The first-order chi connectivity index (χ1) is 11.6. The minimum atomic E-state index is -0.130. The van der Waals surface area contributed by atoms with Crippen LogP contribution < -0.4 is 5.32 Å². The number of hydrogen-bond acceptors (Lipinski definition) is 2. The molecule has 0 aliphatic rings. The van der Waals surface area contributed by atoms with E-state index in [1.165, 1.54) is 5.56 Å². The molecule has 2 nitrogen and oxygen atoms in total. The lowest BCUT2D eigenvalue weighted by Gasteiger charge is -2.19. The Balaban J connectivity index is 1.94. The Kier molecular flexibility index (Phi) is 5.36. The molecule has 0 fully saturated rings. The molecule has 1 N–H and O–H groups in total. The highest BCUT2D eigenvalue weighted by Crippen LogP contribution is 2.27. The number of aryl methyl sites for hydroxylation is 2. The maximum Gasteiger partial charge on any atom is 0.253 e. The van der Waals surface area contributed by atoms with Crippen LogP contribution in [0.2, 0.25) is 0 Å². The zero-order valence-corrected chi connectivity index (χ0v) is 16.5. The van der Waals surface area contributed by atoms with Gasteiger partial charge in [-0.3, -0.25) is 4.79 Å².